The van der Waals surface area contributed by atoms with Crippen LogP contribution in [0.25, 0.3) is 6.08 Å². The van der Waals surface area contributed by atoms with E-state index in [0.29, 0.717) is 13.2 Å². The summed E-state index contributed by atoms with van der Waals surface area (Å²) < 4.78 is 11.7. The number of amides is 1. The van der Waals surface area contributed by atoms with Gasteiger partial charge in [-0.2, -0.15) is 0 Å². The summed E-state index contributed by atoms with van der Waals surface area (Å²) in [7, 11) is 1.70. The SMILES string of the molecule is COC1(COc2ccccc2)CCCN(C(=O)/C=C/c2ccccc2)C1. The van der Waals surface area contributed by atoms with Crippen molar-refractivity contribution in [3.05, 3.63) is 72.3 Å². The number of rotatable bonds is 6. The van der Waals surface area contributed by atoms with Crippen LogP contribution in [0.15, 0.2) is 66.7 Å². The maximum Gasteiger partial charge on any atom is 0.246 e. The van der Waals surface area contributed by atoms with Crippen LogP contribution < -0.4 is 4.74 Å². The third-order valence-electron chi connectivity index (χ3n) is 4.75. The van der Waals surface area contributed by atoms with Crippen LogP contribution in [-0.4, -0.2) is 43.2 Å². The van der Waals surface area contributed by atoms with Gasteiger partial charge in [-0.25, -0.2) is 0 Å². The Morgan fingerprint density at radius 2 is 1.81 bits per heavy atom. The zero-order valence-electron chi connectivity index (χ0n) is 15.1. The number of carbonyl (C=O) groups excluding carboxylic acids is 1. The fourth-order valence-electron chi connectivity index (χ4n) is 3.20. The molecule has 1 unspecified atom stereocenters. The molecule has 1 fully saturated rings. The average molecular weight is 351 g/mol. The molecular formula is C22H25NO3. The molecule has 0 bridgehead atoms. The highest BCUT2D eigenvalue weighted by Gasteiger charge is 2.37. The first-order chi connectivity index (χ1) is 12.7. The molecule has 1 heterocycles. The lowest BCUT2D eigenvalue weighted by Gasteiger charge is -2.41. The monoisotopic (exact) mass is 351 g/mol. The van der Waals surface area contributed by atoms with Gasteiger partial charge in [0.2, 0.25) is 5.91 Å². The topological polar surface area (TPSA) is 38.8 Å². The van der Waals surface area contributed by atoms with E-state index in [1.807, 2.05) is 71.6 Å². The van der Waals surface area contributed by atoms with E-state index in [-0.39, 0.29) is 5.91 Å². The fraction of sp³-hybridized carbons (Fsp3) is 0.318. The molecule has 0 saturated carbocycles. The Morgan fingerprint density at radius 3 is 2.50 bits per heavy atom. The maximum atomic E-state index is 12.6. The molecule has 0 aliphatic carbocycles. The van der Waals surface area contributed by atoms with Crippen molar-refractivity contribution in [3.8, 4) is 5.75 Å². The summed E-state index contributed by atoms with van der Waals surface area (Å²) in [4.78, 5) is 14.4. The summed E-state index contributed by atoms with van der Waals surface area (Å²) in [5.74, 6) is 0.825. The Balaban J connectivity index is 1.62. The summed E-state index contributed by atoms with van der Waals surface area (Å²) in [6.07, 6.45) is 5.27. The second-order valence-electron chi connectivity index (χ2n) is 6.60. The van der Waals surface area contributed by atoms with Crippen LogP contribution in [0.1, 0.15) is 18.4 Å². The van der Waals surface area contributed by atoms with Gasteiger partial charge in [-0.15, -0.1) is 0 Å². The van der Waals surface area contributed by atoms with E-state index in [1.165, 1.54) is 0 Å². The first-order valence-corrected chi connectivity index (χ1v) is 8.96. The van der Waals surface area contributed by atoms with Crippen LogP contribution >= 0.6 is 0 Å². The standard InChI is InChI=1S/C22H25NO3/c1-25-22(18-26-20-11-6-3-7-12-20)15-8-16-23(17-22)21(24)14-13-19-9-4-2-5-10-19/h2-7,9-14H,8,15-18H2,1H3/b14-13+. The molecule has 0 N–H and O–H groups in total. The van der Waals surface area contributed by atoms with Crippen LogP contribution in [0, 0.1) is 0 Å². The van der Waals surface area contributed by atoms with Gasteiger partial charge in [0.1, 0.15) is 18.0 Å². The second-order valence-corrected chi connectivity index (χ2v) is 6.60. The first-order valence-electron chi connectivity index (χ1n) is 8.96. The molecule has 3 rings (SSSR count). The lowest BCUT2D eigenvalue weighted by molar-refractivity contribution is -0.138. The van der Waals surface area contributed by atoms with Gasteiger partial charge in [0, 0.05) is 19.7 Å². The van der Waals surface area contributed by atoms with Crippen molar-refractivity contribution in [1.82, 2.24) is 4.90 Å². The van der Waals surface area contributed by atoms with Crippen molar-refractivity contribution in [2.24, 2.45) is 0 Å². The van der Waals surface area contributed by atoms with Crippen LogP contribution in [-0.2, 0) is 9.53 Å². The highest BCUT2D eigenvalue weighted by Crippen LogP contribution is 2.26. The van der Waals surface area contributed by atoms with Gasteiger partial charge in [0.25, 0.3) is 0 Å². The lowest BCUT2D eigenvalue weighted by atomic mass is 9.93. The summed E-state index contributed by atoms with van der Waals surface area (Å²) in [6.45, 7) is 1.71. The van der Waals surface area contributed by atoms with Crippen LogP contribution in [0.4, 0.5) is 0 Å². The van der Waals surface area contributed by atoms with Gasteiger partial charge in [0.15, 0.2) is 0 Å². The Labute approximate surface area is 155 Å². The number of methoxy groups -OCH3 is 1. The molecule has 0 spiro atoms. The molecular weight excluding hydrogens is 326 g/mol. The Morgan fingerprint density at radius 1 is 1.12 bits per heavy atom. The second kappa shape index (κ2) is 8.68. The summed E-state index contributed by atoms with van der Waals surface area (Å²) in [5, 5.41) is 0. The Hall–Kier alpha value is -2.59. The average Bonchev–Trinajstić information content (AvgIpc) is 2.72. The third kappa shape index (κ3) is 4.73. The van der Waals surface area contributed by atoms with Gasteiger partial charge in [-0.05, 0) is 36.6 Å². The van der Waals surface area contributed by atoms with Gasteiger partial charge >= 0.3 is 0 Å². The number of benzene rings is 2. The minimum Gasteiger partial charge on any atom is -0.491 e. The predicted molar refractivity (Wildman–Crippen MR) is 103 cm³/mol. The Kier molecular flexibility index (Phi) is 6.08. The van der Waals surface area contributed by atoms with E-state index >= 15 is 0 Å². The van der Waals surface area contributed by atoms with E-state index in [9.17, 15) is 4.79 Å². The molecule has 136 valence electrons. The van der Waals surface area contributed by atoms with Crippen LogP contribution in [0.3, 0.4) is 0 Å². The summed E-state index contributed by atoms with van der Waals surface area (Å²) in [5.41, 5.74) is 0.549. The van der Waals surface area contributed by atoms with E-state index in [2.05, 4.69) is 0 Å². The zero-order chi connectivity index (χ0) is 18.2. The van der Waals surface area contributed by atoms with Crippen molar-refractivity contribution in [3.63, 3.8) is 0 Å². The molecule has 4 heteroatoms. The third-order valence-corrected chi connectivity index (χ3v) is 4.75. The van der Waals surface area contributed by atoms with Crippen molar-refractivity contribution in [2.75, 3.05) is 26.8 Å². The largest absolute Gasteiger partial charge is 0.491 e. The smallest absolute Gasteiger partial charge is 0.246 e. The molecule has 4 nitrogen and oxygen atoms in total. The zero-order valence-corrected chi connectivity index (χ0v) is 15.1. The fourth-order valence-corrected chi connectivity index (χ4v) is 3.20. The summed E-state index contributed by atoms with van der Waals surface area (Å²) >= 11 is 0. The normalized spacial score (nSPS) is 20.3. The number of likely N-dealkylation sites (tertiary alicyclic amines) is 1. The van der Waals surface area contributed by atoms with Crippen LogP contribution in [0.2, 0.25) is 0 Å². The number of hydrogen-bond donors (Lipinski definition) is 0. The summed E-state index contributed by atoms with van der Waals surface area (Å²) in [6, 6.07) is 19.5. The van der Waals surface area contributed by atoms with Gasteiger partial charge in [-0.1, -0.05) is 48.5 Å². The molecule has 1 aliphatic rings. The number of ether oxygens (including phenoxy) is 2. The molecule has 26 heavy (non-hydrogen) atoms. The quantitative estimate of drug-likeness (QED) is 0.744. The lowest BCUT2D eigenvalue weighted by Crippen LogP contribution is -2.54. The number of para-hydroxylation sites is 1. The minimum absolute atomic E-state index is 0.00897. The molecule has 1 aliphatic heterocycles. The molecule has 2 aromatic carbocycles. The first kappa shape index (κ1) is 18.2. The minimum atomic E-state index is -0.468. The van der Waals surface area contributed by atoms with Crippen molar-refractivity contribution in [1.29, 1.82) is 0 Å². The van der Waals surface area contributed by atoms with Crippen molar-refractivity contribution < 1.29 is 14.3 Å². The molecule has 1 saturated heterocycles. The van der Waals surface area contributed by atoms with E-state index in [4.69, 9.17) is 9.47 Å². The Bertz CT molecular complexity index is 730. The predicted octanol–water partition coefficient (Wildman–Crippen LogP) is 3.79. The molecule has 0 aromatic heterocycles. The molecule has 0 radical (unpaired) electrons. The number of piperidine rings is 1. The molecule has 1 atom stereocenters. The van der Waals surface area contributed by atoms with Crippen molar-refractivity contribution in [2.45, 2.75) is 18.4 Å². The van der Waals surface area contributed by atoms with Gasteiger partial charge < -0.3 is 14.4 Å². The van der Waals surface area contributed by atoms with Gasteiger partial charge in [0.05, 0.1) is 6.54 Å². The maximum absolute atomic E-state index is 12.6. The van der Waals surface area contributed by atoms with Gasteiger partial charge in [-0.3, -0.25) is 4.79 Å². The van der Waals surface area contributed by atoms with Crippen molar-refractivity contribution >= 4 is 12.0 Å². The number of hydrogen-bond acceptors (Lipinski definition) is 3. The van der Waals surface area contributed by atoms with E-state index in [1.54, 1.807) is 13.2 Å². The molecule has 1 amide bonds. The highest BCUT2D eigenvalue weighted by molar-refractivity contribution is 5.91. The number of nitrogens with zero attached hydrogens (tertiary/aromatic N) is 1. The molecule has 2 aromatic rings. The van der Waals surface area contributed by atoms with E-state index < -0.39 is 5.60 Å². The number of carbonyl (C=O) groups is 1. The highest BCUT2D eigenvalue weighted by atomic mass is 16.5. The van der Waals surface area contributed by atoms with Crippen LogP contribution in [0.5, 0.6) is 5.75 Å². The van der Waals surface area contributed by atoms with E-state index in [0.717, 1.165) is 30.7 Å².